The number of carbonyl (C=O) groups is 1. The Labute approximate surface area is 124 Å². The molecule has 0 saturated carbocycles. The van der Waals surface area contributed by atoms with Gasteiger partial charge in [-0.2, -0.15) is 0 Å². The van der Waals surface area contributed by atoms with Gasteiger partial charge < -0.3 is 10.0 Å². The molecule has 1 heterocycles. The molecule has 1 amide bonds. The summed E-state index contributed by atoms with van der Waals surface area (Å²) >= 11 is 0. The highest BCUT2D eigenvalue weighted by molar-refractivity contribution is 5.74. The molecule has 0 fully saturated rings. The van der Waals surface area contributed by atoms with E-state index < -0.39 is 0 Å². The van der Waals surface area contributed by atoms with Gasteiger partial charge in [0.2, 0.25) is 5.91 Å². The maximum absolute atomic E-state index is 11.8. The van der Waals surface area contributed by atoms with Crippen molar-refractivity contribution in [1.29, 1.82) is 0 Å². The molecule has 0 spiro atoms. The van der Waals surface area contributed by atoms with Crippen molar-refractivity contribution in [3.05, 3.63) is 70.8 Å². The highest BCUT2D eigenvalue weighted by Crippen LogP contribution is 2.34. The Bertz CT molecular complexity index is 652. The summed E-state index contributed by atoms with van der Waals surface area (Å²) in [6.07, 6.45) is 0. The van der Waals surface area contributed by atoms with Crippen molar-refractivity contribution in [3.8, 4) is 0 Å². The van der Waals surface area contributed by atoms with Crippen LogP contribution in [0, 0.1) is 0 Å². The average Bonchev–Trinajstić information content (AvgIpc) is 2.54. The van der Waals surface area contributed by atoms with Gasteiger partial charge in [-0.05, 0) is 22.3 Å². The molecule has 2 aromatic rings. The number of nitrogens with zero attached hydrogens (tertiary/aromatic N) is 1. The fraction of sp³-hybridized carbons (Fsp3) is 0.278. The summed E-state index contributed by atoms with van der Waals surface area (Å²) in [5.74, 6) is 0.276. The van der Waals surface area contributed by atoms with Crippen LogP contribution >= 0.6 is 0 Å². The Hall–Kier alpha value is -2.13. The minimum Gasteiger partial charge on any atom is -0.392 e. The van der Waals surface area contributed by atoms with Gasteiger partial charge in [-0.1, -0.05) is 48.5 Å². The number of aliphatic hydroxyl groups is 1. The van der Waals surface area contributed by atoms with Crippen molar-refractivity contribution in [3.63, 3.8) is 0 Å². The lowest BCUT2D eigenvalue weighted by Crippen LogP contribution is -2.37. The number of benzene rings is 2. The van der Waals surface area contributed by atoms with Crippen molar-refractivity contribution >= 4 is 5.91 Å². The quantitative estimate of drug-likeness (QED) is 0.919. The third kappa shape index (κ3) is 2.69. The zero-order valence-corrected chi connectivity index (χ0v) is 12.1. The van der Waals surface area contributed by atoms with Crippen molar-refractivity contribution in [2.75, 3.05) is 6.54 Å². The van der Waals surface area contributed by atoms with Crippen LogP contribution in [0.2, 0.25) is 0 Å². The second-order valence-electron chi connectivity index (χ2n) is 5.55. The predicted octanol–water partition coefficient (Wildman–Crippen LogP) is 2.67. The molecule has 0 aromatic heterocycles. The maximum Gasteiger partial charge on any atom is 0.219 e. The summed E-state index contributed by atoms with van der Waals surface area (Å²) in [5.41, 5.74) is 4.53. The van der Waals surface area contributed by atoms with E-state index in [1.807, 2.05) is 35.2 Å². The molecule has 21 heavy (non-hydrogen) atoms. The van der Waals surface area contributed by atoms with Crippen LogP contribution in [-0.2, 0) is 17.9 Å². The summed E-state index contributed by atoms with van der Waals surface area (Å²) in [4.78, 5) is 13.7. The van der Waals surface area contributed by atoms with Crippen LogP contribution in [-0.4, -0.2) is 22.5 Å². The fourth-order valence-corrected chi connectivity index (χ4v) is 3.01. The molecule has 0 saturated heterocycles. The molecule has 0 bridgehead atoms. The Kier molecular flexibility index (Phi) is 3.76. The van der Waals surface area contributed by atoms with Gasteiger partial charge in [0, 0.05) is 25.9 Å². The van der Waals surface area contributed by atoms with Crippen LogP contribution in [0.15, 0.2) is 48.5 Å². The molecule has 1 unspecified atom stereocenters. The first-order valence-corrected chi connectivity index (χ1v) is 7.22. The largest absolute Gasteiger partial charge is 0.392 e. The zero-order chi connectivity index (χ0) is 14.8. The van der Waals surface area contributed by atoms with Crippen LogP contribution in [0.3, 0.4) is 0 Å². The van der Waals surface area contributed by atoms with E-state index >= 15 is 0 Å². The van der Waals surface area contributed by atoms with E-state index in [4.69, 9.17) is 0 Å². The van der Waals surface area contributed by atoms with Crippen LogP contribution in [0.1, 0.15) is 35.1 Å². The number of aliphatic hydroxyl groups excluding tert-OH is 1. The summed E-state index contributed by atoms with van der Waals surface area (Å²) in [5, 5.41) is 9.37. The average molecular weight is 281 g/mol. The Morgan fingerprint density at radius 3 is 2.67 bits per heavy atom. The molecule has 1 atom stereocenters. The second kappa shape index (κ2) is 5.70. The van der Waals surface area contributed by atoms with Crippen molar-refractivity contribution < 1.29 is 9.90 Å². The smallest absolute Gasteiger partial charge is 0.219 e. The maximum atomic E-state index is 11.8. The summed E-state index contributed by atoms with van der Waals surface area (Å²) < 4.78 is 0. The van der Waals surface area contributed by atoms with Gasteiger partial charge in [0.05, 0.1) is 6.61 Å². The number of hydrogen-bond donors (Lipinski definition) is 1. The minimum atomic E-state index is 0.0468. The van der Waals surface area contributed by atoms with Gasteiger partial charge >= 0.3 is 0 Å². The first-order valence-electron chi connectivity index (χ1n) is 7.22. The van der Waals surface area contributed by atoms with Crippen molar-refractivity contribution in [2.45, 2.75) is 26.0 Å². The molecule has 1 aliphatic rings. The Morgan fingerprint density at radius 2 is 2.00 bits per heavy atom. The topological polar surface area (TPSA) is 40.5 Å². The van der Waals surface area contributed by atoms with E-state index in [0.717, 1.165) is 5.56 Å². The molecule has 3 rings (SSSR count). The van der Waals surface area contributed by atoms with E-state index in [0.29, 0.717) is 13.1 Å². The van der Waals surface area contributed by atoms with Gasteiger partial charge in [-0.15, -0.1) is 0 Å². The molecule has 2 aromatic carbocycles. The lowest BCUT2D eigenvalue weighted by atomic mass is 9.84. The number of hydrogen-bond acceptors (Lipinski definition) is 2. The zero-order valence-electron chi connectivity index (χ0n) is 12.1. The summed E-state index contributed by atoms with van der Waals surface area (Å²) in [6.45, 7) is 3.02. The Balaban J connectivity index is 2.08. The van der Waals surface area contributed by atoms with Crippen molar-refractivity contribution in [2.24, 2.45) is 0 Å². The van der Waals surface area contributed by atoms with Gasteiger partial charge in [-0.3, -0.25) is 4.79 Å². The highest BCUT2D eigenvalue weighted by atomic mass is 16.3. The van der Waals surface area contributed by atoms with Gasteiger partial charge in [-0.25, -0.2) is 0 Å². The molecule has 0 aliphatic carbocycles. The van der Waals surface area contributed by atoms with Crippen LogP contribution in [0.4, 0.5) is 0 Å². The molecule has 0 radical (unpaired) electrons. The molecule has 108 valence electrons. The number of amides is 1. The predicted molar refractivity (Wildman–Crippen MR) is 81.7 cm³/mol. The molecule has 1 aliphatic heterocycles. The minimum absolute atomic E-state index is 0.0468. The monoisotopic (exact) mass is 281 g/mol. The van der Waals surface area contributed by atoms with E-state index in [9.17, 15) is 9.90 Å². The van der Waals surface area contributed by atoms with E-state index in [2.05, 4.69) is 18.2 Å². The highest BCUT2D eigenvalue weighted by Gasteiger charge is 2.27. The van der Waals surface area contributed by atoms with Crippen LogP contribution in [0.25, 0.3) is 0 Å². The summed E-state index contributed by atoms with van der Waals surface area (Å²) in [7, 11) is 0. The third-order valence-electron chi connectivity index (χ3n) is 4.18. The van der Waals surface area contributed by atoms with Crippen LogP contribution in [0.5, 0.6) is 0 Å². The first-order chi connectivity index (χ1) is 10.2. The van der Waals surface area contributed by atoms with Crippen molar-refractivity contribution in [1.82, 2.24) is 4.90 Å². The van der Waals surface area contributed by atoms with Gasteiger partial charge in [0.25, 0.3) is 0 Å². The second-order valence-corrected chi connectivity index (χ2v) is 5.55. The van der Waals surface area contributed by atoms with E-state index in [1.54, 1.807) is 6.92 Å². The standard InChI is InChI=1S/C18H19NO2/c1-13(21)19-10-16-8-7-14(12-20)9-17(16)18(11-19)15-5-3-2-4-6-15/h2-9,18,20H,10-12H2,1H3. The van der Waals surface area contributed by atoms with E-state index in [1.165, 1.54) is 16.7 Å². The molecule has 3 nitrogen and oxygen atoms in total. The lowest BCUT2D eigenvalue weighted by Gasteiger charge is -2.35. The molecule has 3 heteroatoms. The molecular weight excluding hydrogens is 262 g/mol. The lowest BCUT2D eigenvalue weighted by molar-refractivity contribution is -0.129. The van der Waals surface area contributed by atoms with E-state index in [-0.39, 0.29) is 18.4 Å². The SMILES string of the molecule is CC(=O)N1Cc2ccc(CO)cc2C(c2ccccc2)C1. The molecule has 1 N–H and O–H groups in total. The Morgan fingerprint density at radius 1 is 1.24 bits per heavy atom. The van der Waals surface area contributed by atoms with Gasteiger partial charge in [0.1, 0.15) is 0 Å². The number of fused-ring (bicyclic) bond motifs is 1. The van der Waals surface area contributed by atoms with Gasteiger partial charge in [0.15, 0.2) is 0 Å². The van der Waals surface area contributed by atoms with Crippen LogP contribution < -0.4 is 0 Å². The third-order valence-corrected chi connectivity index (χ3v) is 4.18. The first kappa shape index (κ1) is 13.8. The number of rotatable bonds is 2. The fourth-order valence-electron chi connectivity index (χ4n) is 3.01. The molecular formula is C18H19NO2. The number of carbonyl (C=O) groups excluding carboxylic acids is 1. The normalized spacial score (nSPS) is 17.4. The summed E-state index contributed by atoms with van der Waals surface area (Å²) in [6, 6.07) is 16.3.